The summed E-state index contributed by atoms with van der Waals surface area (Å²) in [6, 6.07) is 7.69. The second-order valence-electron chi connectivity index (χ2n) is 5.17. The van der Waals surface area contributed by atoms with E-state index >= 15 is 0 Å². The van der Waals surface area contributed by atoms with E-state index in [4.69, 9.17) is 0 Å². The molecule has 106 valence electrons. The molecule has 2 N–H and O–H groups in total. The summed E-state index contributed by atoms with van der Waals surface area (Å²) in [5, 5.41) is 6.23. The summed E-state index contributed by atoms with van der Waals surface area (Å²) in [6.45, 7) is 9.21. The lowest BCUT2D eigenvalue weighted by molar-refractivity contribution is -0.117. The minimum atomic E-state index is -0.165. The first-order valence-electron chi connectivity index (χ1n) is 7.17. The molecule has 0 fully saturated rings. The minimum absolute atomic E-state index is 0.0230. The Morgan fingerprint density at radius 2 is 1.74 bits per heavy atom. The van der Waals surface area contributed by atoms with Gasteiger partial charge >= 0.3 is 0 Å². The molecule has 1 atom stereocenters. The van der Waals surface area contributed by atoms with Gasteiger partial charge in [-0.05, 0) is 38.4 Å². The molecule has 0 saturated carbocycles. The van der Waals surface area contributed by atoms with Crippen LogP contribution >= 0.6 is 0 Å². The van der Waals surface area contributed by atoms with E-state index in [1.54, 1.807) is 0 Å². The average molecular weight is 262 g/mol. The van der Waals surface area contributed by atoms with Crippen molar-refractivity contribution in [3.05, 3.63) is 29.8 Å². The van der Waals surface area contributed by atoms with Gasteiger partial charge in [-0.1, -0.05) is 44.4 Å². The number of benzene rings is 1. The molecule has 0 heterocycles. The number of carbonyl (C=O) groups is 1. The van der Waals surface area contributed by atoms with Crippen molar-refractivity contribution < 1.29 is 4.79 Å². The molecule has 19 heavy (non-hydrogen) atoms. The number of nitrogens with one attached hydrogen (secondary N) is 2. The Balaban J connectivity index is 2.42. The quantitative estimate of drug-likeness (QED) is 0.791. The lowest BCUT2D eigenvalue weighted by Gasteiger charge is -2.18. The molecule has 0 radical (unpaired) electrons. The Morgan fingerprint density at radius 1 is 1.16 bits per heavy atom. The smallest absolute Gasteiger partial charge is 0.241 e. The Bertz CT molecular complexity index is 382. The van der Waals surface area contributed by atoms with Gasteiger partial charge in [0.05, 0.1) is 6.04 Å². The van der Waals surface area contributed by atoms with Crippen LogP contribution in [0.2, 0.25) is 0 Å². The lowest BCUT2D eigenvalue weighted by atomic mass is 10.0. The molecule has 1 unspecified atom stereocenters. The van der Waals surface area contributed by atoms with Crippen LogP contribution in [0.25, 0.3) is 0 Å². The Labute approximate surface area is 116 Å². The van der Waals surface area contributed by atoms with Gasteiger partial charge in [0.15, 0.2) is 0 Å². The van der Waals surface area contributed by atoms with Gasteiger partial charge in [-0.3, -0.25) is 4.79 Å². The standard InChI is InChI=1S/C16H26N2O/c1-5-14(6-2)11-17-13(4)16(19)18-15-9-7-12(3)8-10-15/h7-10,13-14,17H,5-6,11H2,1-4H3,(H,18,19). The zero-order chi connectivity index (χ0) is 14.3. The maximum Gasteiger partial charge on any atom is 0.241 e. The number of amides is 1. The summed E-state index contributed by atoms with van der Waals surface area (Å²) in [4.78, 5) is 12.0. The van der Waals surface area contributed by atoms with Crippen LogP contribution in [0.5, 0.6) is 0 Å². The third-order valence-electron chi connectivity index (χ3n) is 3.58. The first kappa shape index (κ1) is 15.7. The van der Waals surface area contributed by atoms with Gasteiger partial charge in [-0.2, -0.15) is 0 Å². The lowest BCUT2D eigenvalue weighted by Crippen LogP contribution is -2.40. The molecule has 0 bridgehead atoms. The molecule has 1 rings (SSSR count). The molecule has 0 aliphatic heterocycles. The first-order chi connectivity index (χ1) is 9.06. The van der Waals surface area contributed by atoms with Crippen molar-refractivity contribution in [3.63, 3.8) is 0 Å². The number of aryl methyl sites for hydroxylation is 1. The molecule has 3 nitrogen and oxygen atoms in total. The Morgan fingerprint density at radius 3 is 2.26 bits per heavy atom. The summed E-state index contributed by atoms with van der Waals surface area (Å²) < 4.78 is 0. The van der Waals surface area contributed by atoms with Crippen LogP contribution < -0.4 is 10.6 Å². The van der Waals surface area contributed by atoms with E-state index in [2.05, 4.69) is 24.5 Å². The second-order valence-corrected chi connectivity index (χ2v) is 5.17. The van der Waals surface area contributed by atoms with Crippen LogP contribution in [-0.2, 0) is 4.79 Å². The topological polar surface area (TPSA) is 41.1 Å². The predicted octanol–water partition coefficient (Wildman–Crippen LogP) is 3.35. The number of hydrogen-bond acceptors (Lipinski definition) is 2. The van der Waals surface area contributed by atoms with Crippen LogP contribution in [0.15, 0.2) is 24.3 Å². The van der Waals surface area contributed by atoms with Crippen molar-refractivity contribution in [2.24, 2.45) is 5.92 Å². The molecule has 1 aromatic carbocycles. The summed E-state index contributed by atoms with van der Waals surface area (Å²) in [5.74, 6) is 0.671. The summed E-state index contributed by atoms with van der Waals surface area (Å²) in [6.07, 6.45) is 2.30. The van der Waals surface area contributed by atoms with Crippen LogP contribution in [0.3, 0.4) is 0 Å². The van der Waals surface area contributed by atoms with Crippen LogP contribution in [0, 0.1) is 12.8 Å². The van der Waals surface area contributed by atoms with Gasteiger partial charge in [-0.15, -0.1) is 0 Å². The van der Waals surface area contributed by atoms with Crippen molar-refractivity contribution >= 4 is 11.6 Å². The highest BCUT2D eigenvalue weighted by atomic mass is 16.2. The average Bonchev–Trinajstić information content (AvgIpc) is 2.42. The van der Waals surface area contributed by atoms with Crippen LogP contribution in [0.4, 0.5) is 5.69 Å². The van der Waals surface area contributed by atoms with E-state index in [0.717, 1.165) is 25.1 Å². The maximum atomic E-state index is 12.0. The molecule has 0 spiro atoms. The predicted molar refractivity (Wildman–Crippen MR) is 81.3 cm³/mol. The largest absolute Gasteiger partial charge is 0.325 e. The zero-order valence-corrected chi connectivity index (χ0v) is 12.5. The first-order valence-corrected chi connectivity index (χ1v) is 7.17. The molecule has 1 amide bonds. The summed E-state index contributed by atoms with van der Waals surface area (Å²) in [7, 11) is 0. The zero-order valence-electron chi connectivity index (χ0n) is 12.5. The van der Waals surface area contributed by atoms with Crippen LogP contribution in [-0.4, -0.2) is 18.5 Å². The third-order valence-corrected chi connectivity index (χ3v) is 3.58. The van der Waals surface area contributed by atoms with E-state index in [1.165, 1.54) is 5.56 Å². The van der Waals surface area contributed by atoms with Gasteiger partial charge < -0.3 is 10.6 Å². The van der Waals surface area contributed by atoms with E-state index < -0.39 is 0 Å². The fraction of sp³-hybridized carbons (Fsp3) is 0.562. The van der Waals surface area contributed by atoms with Crippen molar-refractivity contribution in [1.82, 2.24) is 5.32 Å². The van der Waals surface area contributed by atoms with Gasteiger partial charge in [0, 0.05) is 5.69 Å². The molecule has 0 saturated heterocycles. The fourth-order valence-electron chi connectivity index (χ4n) is 1.90. The summed E-state index contributed by atoms with van der Waals surface area (Å²) in [5.41, 5.74) is 2.05. The highest BCUT2D eigenvalue weighted by Gasteiger charge is 2.13. The van der Waals surface area contributed by atoms with E-state index in [1.807, 2.05) is 38.1 Å². The van der Waals surface area contributed by atoms with Crippen LogP contribution in [0.1, 0.15) is 39.2 Å². The molecule has 1 aromatic rings. The van der Waals surface area contributed by atoms with Crippen molar-refractivity contribution in [3.8, 4) is 0 Å². The normalized spacial score (nSPS) is 12.5. The van der Waals surface area contributed by atoms with Crippen molar-refractivity contribution in [1.29, 1.82) is 0 Å². The molecular weight excluding hydrogens is 236 g/mol. The van der Waals surface area contributed by atoms with Crippen molar-refractivity contribution in [2.45, 2.75) is 46.6 Å². The Hall–Kier alpha value is -1.35. The highest BCUT2D eigenvalue weighted by molar-refractivity contribution is 5.94. The van der Waals surface area contributed by atoms with E-state index in [9.17, 15) is 4.79 Å². The Kier molecular flexibility index (Phi) is 6.57. The van der Waals surface area contributed by atoms with Gasteiger partial charge in [-0.25, -0.2) is 0 Å². The maximum absolute atomic E-state index is 12.0. The van der Waals surface area contributed by atoms with Gasteiger partial charge in [0.2, 0.25) is 5.91 Å². The molecule has 3 heteroatoms. The second kappa shape index (κ2) is 7.95. The third kappa shape index (κ3) is 5.43. The van der Waals surface area contributed by atoms with Gasteiger partial charge in [0.1, 0.15) is 0 Å². The monoisotopic (exact) mass is 262 g/mol. The number of hydrogen-bond donors (Lipinski definition) is 2. The van der Waals surface area contributed by atoms with Gasteiger partial charge in [0.25, 0.3) is 0 Å². The summed E-state index contributed by atoms with van der Waals surface area (Å²) >= 11 is 0. The SMILES string of the molecule is CCC(CC)CNC(C)C(=O)Nc1ccc(C)cc1. The highest BCUT2D eigenvalue weighted by Crippen LogP contribution is 2.09. The molecule has 0 aliphatic carbocycles. The number of anilines is 1. The minimum Gasteiger partial charge on any atom is -0.325 e. The van der Waals surface area contributed by atoms with E-state index in [0.29, 0.717) is 5.92 Å². The molecular formula is C16H26N2O. The molecule has 0 aliphatic rings. The molecule has 0 aromatic heterocycles. The number of rotatable bonds is 7. The fourth-order valence-corrected chi connectivity index (χ4v) is 1.90. The van der Waals surface area contributed by atoms with E-state index in [-0.39, 0.29) is 11.9 Å². The van der Waals surface area contributed by atoms with Crippen molar-refractivity contribution in [2.75, 3.05) is 11.9 Å². The number of carbonyl (C=O) groups excluding carboxylic acids is 1.